The van der Waals surface area contributed by atoms with E-state index in [1.807, 2.05) is 0 Å². The molecule has 0 heterocycles. The number of hydrogen-bond acceptors (Lipinski definition) is 1. The maximum Gasteiger partial charge on any atom is 0.126 e. The largest absolute Gasteiger partial charge is 0.303 e. The van der Waals surface area contributed by atoms with Gasteiger partial charge < -0.3 is 4.79 Å². The maximum absolute atomic E-state index is 10.6. The SMILES string of the molecule is CC(C)(C)C12CC(C=O)(C1)C2. The molecule has 3 aliphatic rings. The molecule has 0 N–H and O–H groups in total. The zero-order valence-electron chi connectivity index (χ0n) is 7.61. The Kier molecular flexibility index (Phi) is 1.03. The van der Waals surface area contributed by atoms with Gasteiger partial charge in [-0.2, -0.15) is 0 Å². The zero-order valence-corrected chi connectivity index (χ0v) is 7.61. The van der Waals surface area contributed by atoms with Crippen molar-refractivity contribution in [3.8, 4) is 0 Å². The molecule has 0 saturated heterocycles. The molecular weight excluding hydrogens is 136 g/mol. The van der Waals surface area contributed by atoms with Gasteiger partial charge in [0.15, 0.2) is 0 Å². The molecule has 0 spiro atoms. The van der Waals surface area contributed by atoms with Crippen LogP contribution in [0.1, 0.15) is 40.0 Å². The van der Waals surface area contributed by atoms with Crippen LogP contribution in [0.5, 0.6) is 0 Å². The molecule has 3 aliphatic carbocycles. The summed E-state index contributed by atoms with van der Waals surface area (Å²) in [7, 11) is 0. The van der Waals surface area contributed by atoms with Crippen LogP contribution in [0, 0.1) is 16.2 Å². The smallest absolute Gasteiger partial charge is 0.126 e. The highest BCUT2D eigenvalue weighted by Gasteiger charge is 2.71. The molecule has 0 unspecified atom stereocenters. The lowest BCUT2D eigenvalue weighted by Crippen LogP contribution is -2.67. The van der Waals surface area contributed by atoms with Crippen molar-refractivity contribution < 1.29 is 4.79 Å². The molecule has 3 rings (SSSR count). The van der Waals surface area contributed by atoms with Gasteiger partial charge in [0.2, 0.25) is 0 Å². The highest BCUT2D eigenvalue weighted by molar-refractivity contribution is 5.66. The second-order valence-corrected chi connectivity index (χ2v) is 5.54. The van der Waals surface area contributed by atoms with Crippen molar-refractivity contribution in [2.75, 3.05) is 0 Å². The topological polar surface area (TPSA) is 17.1 Å². The predicted octanol–water partition coefficient (Wildman–Crippen LogP) is 2.40. The summed E-state index contributed by atoms with van der Waals surface area (Å²) in [5.74, 6) is 0. The first-order chi connectivity index (χ1) is 4.93. The molecule has 0 radical (unpaired) electrons. The lowest BCUT2D eigenvalue weighted by molar-refractivity contribution is -0.239. The molecule has 2 bridgehead atoms. The number of carbonyl (C=O) groups excluding carboxylic acids is 1. The highest BCUT2D eigenvalue weighted by Crippen LogP contribution is 2.78. The van der Waals surface area contributed by atoms with Gasteiger partial charge >= 0.3 is 0 Å². The van der Waals surface area contributed by atoms with Gasteiger partial charge in [-0.25, -0.2) is 0 Å². The molecule has 11 heavy (non-hydrogen) atoms. The van der Waals surface area contributed by atoms with Crippen LogP contribution in [0.25, 0.3) is 0 Å². The third-order valence-corrected chi connectivity index (χ3v) is 3.91. The Labute approximate surface area is 68.2 Å². The summed E-state index contributed by atoms with van der Waals surface area (Å²) in [4.78, 5) is 10.6. The molecule has 3 fully saturated rings. The Bertz CT molecular complexity index is 190. The van der Waals surface area contributed by atoms with E-state index in [1.165, 1.54) is 6.29 Å². The molecule has 0 aromatic rings. The maximum atomic E-state index is 10.6. The van der Waals surface area contributed by atoms with E-state index < -0.39 is 0 Å². The van der Waals surface area contributed by atoms with Crippen molar-refractivity contribution in [2.24, 2.45) is 16.2 Å². The predicted molar refractivity (Wildman–Crippen MR) is 44.2 cm³/mol. The van der Waals surface area contributed by atoms with Crippen LogP contribution in [0.15, 0.2) is 0 Å². The first-order valence-electron chi connectivity index (χ1n) is 4.40. The van der Waals surface area contributed by atoms with Gasteiger partial charge in [-0.15, -0.1) is 0 Å². The van der Waals surface area contributed by atoms with E-state index in [0.29, 0.717) is 10.8 Å². The van der Waals surface area contributed by atoms with Crippen LogP contribution < -0.4 is 0 Å². The summed E-state index contributed by atoms with van der Waals surface area (Å²) in [6.07, 6.45) is 4.66. The molecule has 1 nitrogen and oxygen atoms in total. The van der Waals surface area contributed by atoms with E-state index in [0.717, 1.165) is 19.3 Å². The second-order valence-electron chi connectivity index (χ2n) is 5.54. The number of hydrogen-bond donors (Lipinski definition) is 0. The number of carbonyl (C=O) groups is 1. The van der Waals surface area contributed by atoms with E-state index in [2.05, 4.69) is 20.8 Å². The second kappa shape index (κ2) is 1.55. The fourth-order valence-corrected chi connectivity index (χ4v) is 2.79. The van der Waals surface area contributed by atoms with Gasteiger partial charge in [-0.05, 0) is 30.1 Å². The van der Waals surface area contributed by atoms with Crippen molar-refractivity contribution in [3.05, 3.63) is 0 Å². The van der Waals surface area contributed by atoms with Crippen LogP contribution in [-0.2, 0) is 4.79 Å². The summed E-state index contributed by atoms with van der Waals surface area (Å²) in [5, 5.41) is 0. The minimum absolute atomic E-state index is 0.146. The lowest BCUT2D eigenvalue weighted by Gasteiger charge is -2.73. The van der Waals surface area contributed by atoms with Gasteiger partial charge in [0.1, 0.15) is 6.29 Å². The molecule has 0 atom stereocenters. The molecular formula is C10H16O. The number of aldehydes is 1. The standard InChI is InChI=1S/C10H16O/c1-8(2,3)10-4-9(5-10,6-10)7-11/h7H,4-6H2,1-3H3. The molecule has 0 aromatic carbocycles. The highest BCUT2D eigenvalue weighted by atomic mass is 16.1. The average molecular weight is 152 g/mol. The van der Waals surface area contributed by atoms with Crippen molar-refractivity contribution in [3.63, 3.8) is 0 Å². The quantitative estimate of drug-likeness (QED) is 0.527. The monoisotopic (exact) mass is 152 g/mol. The van der Waals surface area contributed by atoms with E-state index in [4.69, 9.17) is 0 Å². The molecule has 0 amide bonds. The third kappa shape index (κ3) is 0.646. The van der Waals surface area contributed by atoms with E-state index in [9.17, 15) is 4.79 Å². The Balaban J connectivity index is 2.10. The fourth-order valence-electron chi connectivity index (χ4n) is 2.79. The van der Waals surface area contributed by atoms with Gasteiger partial charge in [0.05, 0.1) is 0 Å². The Hall–Kier alpha value is -0.330. The van der Waals surface area contributed by atoms with Crippen LogP contribution in [0.2, 0.25) is 0 Å². The minimum Gasteiger partial charge on any atom is -0.303 e. The van der Waals surface area contributed by atoms with Crippen LogP contribution in [-0.4, -0.2) is 6.29 Å². The molecule has 1 heteroatoms. The molecule has 0 aromatic heterocycles. The summed E-state index contributed by atoms with van der Waals surface area (Å²) >= 11 is 0. The van der Waals surface area contributed by atoms with Crippen LogP contribution in [0.4, 0.5) is 0 Å². The summed E-state index contributed by atoms with van der Waals surface area (Å²) in [5.41, 5.74) is 1.10. The van der Waals surface area contributed by atoms with Crippen molar-refractivity contribution in [2.45, 2.75) is 40.0 Å². The first kappa shape index (κ1) is 7.33. The van der Waals surface area contributed by atoms with Crippen molar-refractivity contribution in [1.29, 1.82) is 0 Å². The Morgan fingerprint density at radius 2 is 1.64 bits per heavy atom. The summed E-state index contributed by atoms with van der Waals surface area (Å²) < 4.78 is 0. The summed E-state index contributed by atoms with van der Waals surface area (Å²) in [6.45, 7) is 6.88. The van der Waals surface area contributed by atoms with Gasteiger partial charge in [-0.3, -0.25) is 0 Å². The van der Waals surface area contributed by atoms with Crippen LogP contribution >= 0.6 is 0 Å². The summed E-state index contributed by atoms with van der Waals surface area (Å²) in [6, 6.07) is 0. The average Bonchev–Trinajstić information content (AvgIpc) is 1.53. The van der Waals surface area contributed by atoms with Gasteiger partial charge in [-0.1, -0.05) is 20.8 Å². The van der Waals surface area contributed by atoms with Crippen molar-refractivity contribution >= 4 is 6.29 Å². The van der Waals surface area contributed by atoms with E-state index >= 15 is 0 Å². The Morgan fingerprint density at radius 3 is 1.91 bits per heavy atom. The van der Waals surface area contributed by atoms with Gasteiger partial charge in [0, 0.05) is 5.41 Å². The molecule has 3 saturated carbocycles. The first-order valence-corrected chi connectivity index (χ1v) is 4.40. The van der Waals surface area contributed by atoms with Crippen LogP contribution in [0.3, 0.4) is 0 Å². The Morgan fingerprint density at radius 1 is 1.18 bits per heavy atom. The molecule has 0 aliphatic heterocycles. The normalized spacial score (nSPS) is 47.5. The molecule has 62 valence electrons. The number of rotatable bonds is 1. The fraction of sp³-hybridized carbons (Fsp3) is 0.900. The van der Waals surface area contributed by atoms with Crippen molar-refractivity contribution in [1.82, 2.24) is 0 Å². The lowest BCUT2D eigenvalue weighted by atomic mass is 9.30. The van der Waals surface area contributed by atoms with Gasteiger partial charge in [0.25, 0.3) is 0 Å². The zero-order chi connectivity index (χ0) is 8.33. The minimum atomic E-state index is 0.146. The van der Waals surface area contributed by atoms with E-state index in [1.54, 1.807) is 0 Å². The van der Waals surface area contributed by atoms with E-state index in [-0.39, 0.29) is 5.41 Å². The third-order valence-electron chi connectivity index (χ3n) is 3.91.